The Morgan fingerprint density at radius 1 is 0.969 bits per heavy atom. The van der Waals surface area contributed by atoms with Crippen molar-refractivity contribution in [2.24, 2.45) is 0 Å². The molecule has 0 saturated heterocycles. The molecule has 1 aromatic heterocycles. The molecule has 0 unspecified atom stereocenters. The zero-order chi connectivity index (χ0) is 22.4. The molecular formula is C23H28N4O3S2. The molecule has 1 atom stereocenters. The topological polar surface area (TPSA) is 101 Å². The van der Waals surface area contributed by atoms with E-state index in [0.29, 0.717) is 11.0 Å². The van der Waals surface area contributed by atoms with Gasteiger partial charge in [-0.1, -0.05) is 68.5 Å². The summed E-state index contributed by atoms with van der Waals surface area (Å²) in [5.41, 5.74) is 1.74. The third kappa shape index (κ3) is 5.70. The fourth-order valence-corrected chi connectivity index (χ4v) is 6.15. The minimum Gasteiger partial charge on any atom is -0.352 e. The van der Waals surface area contributed by atoms with Crippen molar-refractivity contribution < 1.29 is 13.2 Å². The Balaban J connectivity index is 1.57. The summed E-state index contributed by atoms with van der Waals surface area (Å²) in [5, 5.41) is 3.12. The van der Waals surface area contributed by atoms with Gasteiger partial charge >= 0.3 is 0 Å². The van der Waals surface area contributed by atoms with Gasteiger partial charge in [-0.3, -0.25) is 4.79 Å². The van der Waals surface area contributed by atoms with Crippen molar-refractivity contribution in [2.75, 3.05) is 0 Å². The maximum atomic E-state index is 13.3. The number of carbonyl (C=O) groups excluding carboxylic acids is 1. The molecule has 4 rings (SSSR count). The van der Waals surface area contributed by atoms with Crippen LogP contribution in [0.25, 0.3) is 11.0 Å². The fourth-order valence-electron chi connectivity index (χ4n) is 4.19. The first-order valence-corrected chi connectivity index (χ1v) is 13.3. The van der Waals surface area contributed by atoms with Crippen molar-refractivity contribution in [3.8, 4) is 0 Å². The molecule has 2 N–H and O–H groups in total. The first-order chi connectivity index (χ1) is 15.5. The third-order valence-corrected chi connectivity index (χ3v) is 7.93. The minimum absolute atomic E-state index is 0.0422. The van der Waals surface area contributed by atoms with Gasteiger partial charge in [-0.25, -0.2) is 8.42 Å². The second-order valence-corrected chi connectivity index (χ2v) is 10.5. The van der Waals surface area contributed by atoms with Gasteiger partial charge in [0.1, 0.15) is 22.0 Å². The van der Waals surface area contributed by atoms with E-state index in [9.17, 15) is 13.2 Å². The van der Waals surface area contributed by atoms with Crippen LogP contribution >= 0.6 is 11.7 Å². The maximum Gasteiger partial charge on any atom is 0.243 e. The Bertz CT molecular complexity index is 1140. The predicted molar refractivity (Wildman–Crippen MR) is 126 cm³/mol. The predicted octanol–water partition coefficient (Wildman–Crippen LogP) is 3.81. The van der Waals surface area contributed by atoms with E-state index in [1.807, 2.05) is 30.3 Å². The highest BCUT2D eigenvalue weighted by Crippen LogP contribution is 2.22. The van der Waals surface area contributed by atoms with Crippen LogP contribution in [0.15, 0.2) is 53.4 Å². The van der Waals surface area contributed by atoms with Crippen molar-refractivity contribution in [1.29, 1.82) is 0 Å². The second kappa shape index (κ2) is 10.5. The minimum atomic E-state index is -3.98. The lowest BCUT2D eigenvalue weighted by atomic mass is 9.96. The fraction of sp³-hybridized carbons (Fsp3) is 0.435. The molecule has 1 saturated carbocycles. The molecule has 0 aliphatic heterocycles. The Morgan fingerprint density at radius 3 is 2.44 bits per heavy atom. The van der Waals surface area contributed by atoms with Crippen LogP contribution in [0.4, 0.5) is 0 Å². The summed E-state index contributed by atoms with van der Waals surface area (Å²) in [6.07, 6.45) is 7.90. The lowest BCUT2D eigenvalue weighted by Gasteiger charge is -2.25. The SMILES string of the molecule is O=C(NC1CCCCCCC1)[C@H](Cc1ccccc1)NS(=O)(=O)c1cccc2nsnc12. The number of hydrogen-bond donors (Lipinski definition) is 2. The summed E-state index contributed by atoms with van der Waals surface area (Å²) < 4.78 is 37.5. The average Bonchev–Trinajstić information content (AvgIpc) is 3.24. The van der Waals surface area contributed by atoms with Crippen LogP contribution < -0.4 is 10.0 Å². The van der Waals surface area contributed by atoms with Gasteiger partial charge in [0.05, 0.1) is 11.7 Å². The number of hydrogen-bond acceptors (Lipinski definition) is 6. The Labute approximate surface area is 193 Å². The molecule has 1 fully saturated rings. The molecule has 170 valence electrons. The van der Waals surface area contributed by atoms with Gasteiger partial charge in [0.25, 0.3) is 0 Å². The van der Waals surface area contributed by atoms with Crippen LogP contribution in [0.1, 0.15) is 50.5 Å². The molecule has 1 aliphatic carbocycles. The van der Waals surface area contributed by atoms with Crippen LogP contribution in [-0.2, 0) is 21.2 Å². The smallest absolute Gasteiger partial charge is 0.243 e. The zero-order valence-corrected chi connectivity index (χ0v) is 19.5. The highest BCUT2D eigenvalue weighted by atomic mass is 32.2. The second-order valence-electron chi connectivity index (χ2n) is 8.30. The third-order valence-electron chi connectivity index (χ3n) is 5.89. The van der Waals surface area contributed by atoms with Crippen LogP contribution in [0.3, 0.4) is 0 Å². The summed E-state index contributed by atoms with van der Waals surface area (Å²) in [4.78, 5) is 13.3. The van der Waals surface area contributed by atoms with Gasteiger partial charge in [0.2, 0.25) is 15.9 Å². The maximum absolute atomic E-state index is 13.3. The van der Waals surface area contributed by atoms with Crippen molar-refractivity contribution in [2.45, 2.75) is 68.3 Å². The number of fused-ring (bicyclic) bond motifs is 1. The Morgan fingerprint density at radius 2 is 1.69 bits per heavy atom. The number of benzene rings is 2. The molecule has 1 heterocycles. The first-order valence-electron chi connectivity index (χ1n) is 11.1. The van der Waals surface area contributed by atoms with E-state index in [4.69, 9.17) is 0 Å². The Kier molecular flexibility index (Phi) is 7.49. The monoisotopic (exact) mass is 472 g/mol. The number of carbonyl (C=O) groups is 1. The zero-order valence-electron chi connectivity index (χ0n) is 17.9. The summed E-state index contributed by atoms with van der Waals surface area (Å²) in [5.74, 6) is -0.286. The van der Waals surface area contributed by atoms with Gasteiger partial charge in [0, 0.05) is 6.04 Å². The van der Waals surface area contributed by atoms with Crippen molar-refractivity contribution in [3.05, 3.63) is 54.1 Å². The van der Waals surface area contributed by atoms with Crippen LogP contribution in [0, 0.1) is 0 Å². The van der Waals surface area contributed by atoms with E-state index >= 15 is 0 Å². The molecule has 1 aliphatic rings. The average molecular weight is 473 g/mol. The normalized spacial score (nSPS) is 16.9. The molecule has 0 radical (unpaired) electrons. The standard InChI is InChI=1S/C23H28N4O3S2/c28-23(24-18-12-7-2-1-3-8-13-18)20(16-17-10-5-4-6-11-17)27-32(29,30)21-15-9-14-19-22(21)26-31-25-19/h4-6,9-11,14-15,18,20,27H,1-3,7-8,12-13,16H2,(H,24,28)/t20-/m0/s1. The van der Waals surface area contributed by atoms with Gasteiger partial charge < -0.3 is 5.32 Å². The molecule has 1 amide bonds. The Hall–Kier alpha value is -2.36. The van der Waals surface area contributed by atoms with Crippen LogP contribution in [0.2, 0.25) is 0 Å². The number of nitrogens with one attached hydrogen (secondary N) is 2. The largest absolute Gasteiger partial charge is 0.352 e. The molecule has 7 nitrogen and oxygen atoms in total. The summed E-state index contributed by atoms with van der Waals surface area (Å²) in [6.45, 7) is 0. The van der Waals surface area contributed by atoms with Gasteiger partial charge in [-0.2, -0.15) is 13.5 Å². The van der Waals surface area contributed by atoms with E-state index in [1.165, 1.54) is 25.3 Å². The van der Waals surface area contributed by atoms with Crippen molar-refractivity contribution in [1.82, 2.24) is 18.8 Å². The van der Waals surface area contributed by atoms with Gasteiger partial charge in [-0.05, 0) is 37.0 Å². The lowest BCUT2D eigenvalue weighted by molar-refractivity contribution is -0.123. The van der Waals surface area contributed by atoms with Gasteiger partial charge in [-0.15, -0.1) is 0 Å². The van der Waals surface area contributed by atoms with Crippen molar-refractivity contribution in [3.63, 3.8) is 0 Å². The molecule has 2 aromatic carbocycles. The summed E-state index contributed by atoms with van der Waals surface area (Å²) in [7, 11) is -3.98. The highest BCUT2D eigenvalue weighted by molar-refractivity contribution is 7.89. The van der Waals surface area contributed by atoms with E-state index in [2.05, 4.69) is 18.8 Å². The number of nitrogens with zero attached hydrogens (tertiary/aromatic N) is 2. The van der Waals surface area contributed by atoms with E-state index in [1.54, 1.807) is 12.1 Å². The van der Waals surface area contributed by atoms with Crippen LogP contribution in [0.5, 0.6) is 0 Å². The van der Waals surface area contributed by atoms with Crippen LogP contribution in [-0.4, -0.2) is 35.2 Å². The number of aromatic nitrogens is 2. The first kappa shape index (κ1) is 22.8. The quantitative estimate of drug-likeness (QED) is 0.545. The summed E-state index contributed by atoms with van der Waals surface area (Å²) in [6, 6.07) is 13.5. The number of rotatable bonds is 7. The molecular weight excluding hydrogens is 444 g/mol. The number of amides is 1. The molecule has 32 heavy (non-hydrogen) atoms. The van der Waals surface area contributed by atoms with E-state index in [0.717, 1.165) is 43.0 Å². The number of sulfonamides is 1. The molecule has 0 bridgehead atoms. The highest BCUT2D eigenvalue weighted by Gasteiger charge is 2.29. The van der Waals surface area contributed by atoms with E-state index < -0.39 is 16.1 Å². The summed E-state index contributed by atoms with van der Waals surface area (Å²) >= 11 is 0.966. The van der Waals surface area contributed by atoms with E-state index in [-0.39, 0.29) is 23.3 Å². The lowest BCUT2D eigenvalue weighted by Crippen LogP contribution is -2.50. The van der Waals surface area contributed by atoms with Crippen molar-refractivity contribution >= 4 is 38.7 Å². The molecule has 3 aromatic rings. The molecule has 0 spiro atoms. The molecule has 9 heteroatoms. The van der Waals surface area contributed by atoms with Gasteiger partial charge in [0.15, 0.2) is 0 Å².